The molecule has 0 aliphatic heterocycles. The van der Waals surface area contributed by atoms with Gasteiger partial charge >= 0.3 is 0 Å². The third-order valence-electron chi connectivity index (χ3n) is 4.61. The molecule has 1 aliphatic rings. The fourth-order valence-corrected chi connectivity index (χ4v) is 3.09. The minimum Gasteiger partial charge on any atom is -0.295 e. The van der Waals surface area contributed by atoms with Crippen molar-refractivity contribution in [3.8, 4) is 0 Å². The molecule has 1 unspecified atom stereocenters. The molecule has 2 rings (SSSR count). The van der Waals surface area contributed by atoms with Crippen LogP contribution in [-0.4, -0.2) is 5.78 Å². The summed E-state index contributed by atoms with van der Waals surface area (Å²) in [6, 6.07) is 7.98. The van der Waals surface area contributed by atoms with Crippen LogP contribution in [0.15, 0.2) is 83.5 Å². The van der Waals surface area contributed by atoms with Crippen LogP contribution < -0.4 is 0 Å². The molecule has 1 aromatic rings. The number of benzene rings is 1. The molecule has 130 valence electrons. The molecule has 1 aromatic carbocycles. The van der Waals surface area contributed by atoms with Gasteiger partial charge in [0.05, 0.1) is 0 Å². The number of carbonyl (C=O) groups is 1. The number of ketones is 1. The Hall–Kier alpha value is -2.41. The van der Waals surface area contributed by atoms with Crippen LogP contribution in [0.2, 0.25) is 0 Å². The van der Waals surface area contributed by atoms with Crippen molar-refractivity contribution in [1.29, 1.82) is 0 Å². The third-order valence-corrected chi connectivity index (χ3v) is 4.61. The highest BCUT2D eigenvalue weighted by Crippen LogP contribution is 2.32. The molecule has 0 fully saturated rings. The molecule has 1 aliphatic carbocycles. The van der Waals surface area contributed by atoms with Gasteiger partial charge in [-0.15, -0.1) is 0 Å². The van der Waals surface area contributed by atoms with Crippen molar-refractivity contribution in [2.75, 3.05) is 0 Å². The zero-order valence-corrected chi connectivity index (χ0v) is 15.9. The van der Waals surface area contributed by atoms with Crippen molar-refractivity contribution >= 4 is 5.78 Å². The van der Waals surface area contributed by atoms with Crippen molar-refractivity contribution < 1.29 is 4.79 Å². The molecule has 0 saturated carbocycles. The molecule has 0 spiro atoms. The summed E-state index contributed by atoms with van der Waals surface area (Å²) in [6.45, 7) is 16.0. The van der Waals surface area contributed by atoms with Crippen molar-refractivity contribution in [3.63, 3.8) is 0 Å². The first kappa shape index (κ1) is 18.9. The van der Waals surface area contributed by atoms with Crippen LogP contribution in [0, 0.1) is 0 Å². The van der Waals surface area contributed by atoms with E-state index in [4.69, 9.17) is 0 Å². The van der Waals surface area contributed by atoms with E-state index >= 15 is 0 Å². The number of Topliss-reactive ketones (excluding diaryl/α,β-unsaturated/α-hetero) is 1. The summed E-state index contributed by atoms with van der Waals surface area (Å²) < 4.78 is 0. The van der Waals surface area contributed by atoms with E-state index in [-0.39, 0.29) is 5.78 Å². The fourth-order valence-electron chi connectivity index (χ4n) is 3.09. The van der Waals surface area contributed by atoms with E-state index in [9.17, 15) is 4.79 Å². The van der Waals surface area contributed by atoms with Crippen molar-refractivity contribution in [1.82, 2.24) is 0 Å². The maximum absolute atomic E-state index is 11.4. The van der Waals surface area contributed by atoms with Gasteiger partial charge < -0.3 is 0 Å². The topological polar surface area (TPSA) is 17.1 Å². The van der Waals surface area contributed by atoms with Crippen LogP contribution in [0.5, 0.6) is 0 Å². The Bertz CT molecular complexity index is 782. The highest BCUT2D eigenvalue weighted by Gasteiger charge is 2.15. The lowest BCUT2D eigenvalue weighted by atomic mass is 9.85. The Kier molecular flexibility index (Phi) is 6.14. The number of rotatable bonds is 6. The standard InChI is InChI=1S/C24H28O/c1-16(2)13-24(17(3)4)15-22-11-12-23(14-18(22)5)21-9-7-20(8-10-21)19(6)25/h7-11,14-15,23H,1,3,12-13H2,2,4-6H3/b24-15+. The summed E-state index contributed by atoms with van der Waals surface area (Å²) in [5.74, 6) is 0.478. The maximum atomic E-state index is 11.4. The van der Waals surface area contributed by atoms with Gasteiger partial charge in [-0.25, -0.2) is 0 Å². The molecule has 0 amide bonds. The highest BCUT2D eigenvalue weighted by atomic mass is 16.1. The lowest BCUT2D eigenvalue weighted by Crippen LogP contribution is -2.03. The van der Waals surface area contributed by atoms with Gasteiger partial charge in [-0.1, -0.05) is 66.8 Å². The van der Waals surface area contributed by atoms with E-state index in [1.54, 1.807) is 6.92 Å². The molecule has 1 atom stereocenters. The van der Waals surface area contributed by atoms with Gasteiger partial charge in [0.15, 0.2) is 5.78 Å². The summed E-state index contributed by atoms with van der Waals surface area (Å²) in [5.41, 5.74) is 8.07. The van der Waals surface area contributed by atoms with E-state index in [1.807, 2.05) is 12.1 Å². The largest absolute Gasteiger partial charge is 0.295 e. The highest BCUT2D eigenvalue weighted by molar-refractivity contribution is 5.94. The number of hydrogen-bond acceptors (Lipinski definition) is 1. The number of carbonyl (C=O) groups excluding carboxylic acids is 1. The Labute approximate surface area is 152 Å². The molecular formula is C24H28O. The molecule has 1 heteroatoms. The summed E-state index contributed by atoms with van der Waals surface area (Å²) in [5, 5.41) is 0. The molecule has 1 nitrogen and oxygen atoms in total. The first-order valence-electron chi connectivity index (χ1n) is 8.78. The van der Waals surface area contributed by atoms with E-state index in [2.05, 4.69) is 64.3 Å². The predicted molar refractivity (Wildman–Crippen MR) is 108 cm³/mol. The predicted octanol–water partition coefficient (Wildman–Crippen LogP) is 6.72. The smallest absolute Gasteiger partial charge is 0.159 e. The Balaban J connectivity index is 2.20. The fraction of sp³-hybridized carbons (Fsp3) is 0.292. The summed E-state index contributed by atoms with van der Waals surface area (Å²) >= 11 is 0. The van der Waals surface area contributed by atoms with Gasteiger partial charge in [0.1, 0.15) is 0 Å². The van der Waals surface area contributed by atoms with Crippen molar-refractivity contribution in [2.45, 2.75) is 46.5 Å². The van der Waals surface area contributed by atoms with Crippen LogP contribution in [0.3, 0.4) is 0 Å². The molecule has 0 saturated heterocycles. The van der Waals surface area contributed by atoms with Crippen molar-refractivity contribution in [2.24, 2.45) is 0 Å². The minimum atomic E-state index is 0.110. The summed E-state index contributed by atoms with van der Waals surface area (Å²) in [6.07, 6.45) is 8.72. The molecule has 0 radical (unpaired) electrons. The first-order chi connectivity index (χ1) is 11.8. The van der Waals surface area contributed by atoms with Gasteiger partial charge in [0.2, 0.25) is 0 Å². The van der Waals surface area contributed by atoms with Crippen LogP contribution in [0.1, 0.15) is 62.4 Å². The average molecular weight is 332 g/mol. The molecule has 0 aromatic heterocycles. The monoisotopic (exact) mass is 332 g/mol. The molecule has 25 heavy (non-hydrogen) atoms. The van der Waals surface area contributed by atoms with Crippen LogP contribution >= 0.6 is 0 Å². The average Bonchev–Trinajstić information content (AvgIpc) is 2.55. The summed E-state index contributed by atoms with van der Waals surface area (Å²) in [4.78, 5) is 11.4. The van der Waals surface area contributed by atoms with Crippen LogP contribution in [0.25, 0.3) is 0 Å². The number of hydrogen-bond donors (Lipinski definition) is 0. The van der Waals surface area contributed by atoms with Crippen LogP contribution in [-0.2, 0) is 0 Å². The zero-order chi connectivity index (χ0) is 18.6. The van der Waals surface area contributed by atoms with Gasteiger partial charge in [-0.05, 0) is 62.8 Å². The molecule has 0 bridgehead atoms. The first-order valence-corrected chi connectivity index (χ1v) is 8.78. The SMILES string of the molecule is C=C(C)C/C(=C\C1=CCC(c2ccc(C(C)=O)cc2)C=C1C)C(=C)C. The van der Waals surface area contributed by atoms with Crippen molar-refractivity contribution in [3.05, 3.63) is 94.6 Å². The second-order valence-corrected chi connectivity index (χ2v) is 7.11. The van der Waals surface area contributed by atoms with E-state index in [0.717, 1.165) is 29.6 Å². The minimum absolute atomic E-state index is 0.110. The van der Waals surface area contributed by atoms with Crippen LogP contribution in [0.4, 0.5) is 0 Å². The third kappa shape index (κ3) is 5.03. The summed E-state index contributed by atoms with van der Waals surface area (Å²) in [7, 11) is 0. The molecule has 0 heterocycles. The Morgan fingerprint density at radius 3 is 2.28 bits per heavy atom. The molecule has 0 N–H and O–H groups in total. The number of allylic oxidation sites excluding steroid dienone is 8. The molecular weight excluding hydrogens is 304 g/mol. The Morgan fingerprint density at radius 2 is 1.80 bits per heavy atom. The maximum Gasteiger partial charge on any atom is 0.159 e. The quantitative estimate of drug-likeness (QED) is 0.321. The van der Waals surface area contributed by atoms with E-state index in [1.165, 1.54) is 22.3 Å². The lowest BCUT2D eigenvalue weighted by molar-refractivity contribution is 0.101. The zero-order valence-electron chi connectivity index (χ0n) is 15.9. The van der Waals surface area contributed by atoms with Gasteiger partial charge in [0, 0.05) is 11.5 Å². The second kappa shape index (κ2) is 8.11. The lowest BCUT2D eigenvalue weighted by Gasteiger charge is -2.20. The van der Waals surface area contributed by atoms with Gasteiger partial charge in [-0.3, -0.25) is 4.79 Å². The second-order valence-electron chi connectivity index (χ2n) is 7.11. The Morgan fingerprint density at radius 1 is 1.16 bits per heavy atom. The normalized spacial score (nSPS) is 17.6. The van der Waals surface area contributed by atoms with E-state index in [0.29, 0.717) is 5.92 Å². The van der Waals surface area contributed by atoms with Gasteiger partial charge in [-0.2, -0.15) is 0 Å². The van der Waals surface area contributed by atoms with E-state index < -0.39 is 0 Å². The van der Waals surface area contributed by atoms with Gasteiger partial charge in [0.25, 0.3) is 0 Å².